The molecule has 0 amide bonds. The number of esters is 3. The van der Waals surface area contributed by atoms with Gasteiger partial charge in [0, 0.05) is 19.3 Å². The van der Waals surface area contributed by atoms with Gasteiger partial charge in [-0.25, -0.2) is 9.13 Å². The lowest BCUT2D eigenvalue weighted by atomic mass is 10.0. The van der Waals surface area contributed by atoms with Crippen LogP contribution in [0.25, 0.3) is 0 Å². The Bertz CT molecular complexity index is 2950. The first-order valence-electron chi connectivity index (χ1n) is 50.4. The van der Waals surface area contributed by atoms with Gasteiger partial charge in [0.25, 0.3) is 0 Å². The molecule has 0 radical (unpaired) electrons. The summed E-state index contributed by atoms with van der Waals surface area (Å²) in [6.07, 6.45) is 128. The van der Waals surface area contributed by atoms with Gasteiger partial charge in [-0.2, -0.15) is 0 Å². The van der Waals surface area contributed by atoms with E-state index < -0.39 is 91.5 Å². The Kier molecular flexibility index (Phi) is 94.0. The molecular weight excluding hydrogens is 1600 g/mol. The highest BCUT2D eigenvalue weighted by Crippen LogP contribution is 2.45. The van der Waals surface area contributed by atoms with Gasteiger partial charge in [0.05, 0.1) is 26.4 Å². The van der Waals surface area contributed by atoms with Gasteiger partial charge < -0.3 is 34.2 Å². The molecule has 4 N–H and O–H groups in total. The van der Waals surface area contributed by atoms with Crippen molar-refractivity contribution < 1.29 is 75.8 Å². The van der Waals surface area contributed by atoms with Crippen LogP contribution in [0.5, 0.6) is 0 Å². The van der Waals surface area contributed by atoms with E-state index in [4.69, 9.17) is 32.3 Å². The number of aliphatic hydroxyl groups is 2. The monoisotopic (exact) mass is 1790 g/mol. The fourth-order valence-electron chi connectivity index (χ4n) is 13.8. The van der Waals surface area contributed by atoms with Crippen molar-refractivity contribution in [2.75, 3.05) is 39.6 Å². The number of rotatable bonds is 95. The van der Waals surface area contributed by atoms with E-state index in [1.807, 2.05) is 0 Å². The topological polar surface area (TPSA) is 231 Å². The summed E-state index contributed by atoms with van der Waals surface area (Å²) in [5.41, 5.74) is 0. The van der Waals surface area contributed by atoms with E-state index in [-0.39, 0.29) is 19.3 Å². The lowest BCUT2D eigenvalue weighted by molar-refractivity contribution is -0.161. The molecule has 0 aromatic rings. The van der Waals surface area contributed by atoms with Crippen LogP contribution >= 0.6 is 15.6 Å². The third kappa shape index (κ3) is 99.3. The van der Waals surface area contributed by atoms with Gasteiger partial charge in [-0.3, -0.25) is 32.5 Å². The van der Waals surface area contributed by atoms with Crippen LogP contribution in [0.4, 0.5) is 0 Å². The summed E-state index contributed by atoms with van der Waals surface area (Å²) >= 11 is 0. The Labute approximate surface area is 764 Å². The summed E-state index contributed by atoms with van der Waals surface area (Å²) in [4.78, 5) is 59.2. The molecule has 5 atom stereocenters. The Morgan fingerprint density at radius 3 is 0.672 bits per heavy atom. The minimum Gasteiger partial charge on any atom is -0.463 e. The maximum Gasteiger partial charge on any atom is 0.472 e. The molecule has 5 unspecified atom stereocenters. The van der Waals surface area contributed by atoms with E-state index in [0.717, 1.165) is 173 Å². The van der Waals surface area contributed by atoms with Gasteiger partial charge in [0.1, 0.15) is 25.4 Å². The van der Waals surface area contributed by atoms with Gasteiger partial charge in [0.15, 0.2) is 6.10 Å². The lowest BCUT2D eigenvalue weighted by Crippen LogP contribution is -2.30. The Balaban J connectivity index is 4.56. The predicted molar refractivity (Wildman–Crippen MR) is 528 cm³/mol. The van der Waals surface area contributed by atoms with Gasteiger partial charge in [0.2, 0.25) is 0 Å². The first-order valence-corrected chi connectivity index (χ1v) is 53.4. The second-order valence-corrected chi connectivity index (χ2v) is 36.5. The fraction of sp³-hybridized carbons (Fsp3) is 0.710. The van der Waals surface area contributed by atoms with Crippen molar-refractivity contribution in [2.24, 2.45) is 0 Å². The van der Waals surface area contributed by atoms with E-state index in [0.29, 0.717) is 19.3 Å². The van der Waals surface area contributed by atoms with E-state index in [2.05, 4.69) is 191 Å². The fourth-order valence-corrected chi connectivity index (χ4v) is 15.4. The van der Waals surface area contributed by atoms with Gasteiger partial charge in [-0.05, 0) is 161 Å². The first-order chi connectivity index (χ1) is 61.2. The predicted octanol–water partition coefficient (Wildman–Crippen LogP) is 31.8. The van der Waals surface area contributed by atoms with Crippen LogP contribution in [0.3, 0.4) is 0 Å². The van der Waals surface area contributed by atoms with Crippen LogP contribution in [0, 0.1) is 0 Å². The zero-order valence-corrected chi connectivity index (χ0v) is 81.3. The summed E-state index contributed by atoms with van der Waals surface area (Å²) in [5, 5.41) is 20.8. The number of hydrogen-bond donors (Lipinski definition) is 4. The Morgan fingerprint density at radius 2 is 0.424 bits per heavy atom. The molecule has 0 rings (SSSR count). The number of carbonyl (C=O) groups is 3. The lowest BCUT2D eigenvalue weighted by Gasteiger charge is -2.21. The molecule has 0 fully saturated rings. The SMILES string of the molecule is CC/C=C\C/C=C\C/C=C\C/C=C\C/C=C\C/C=C\CCCCCCCCCCCCCCC(=O)OCC(COP(=O)(O)OCC(O)COP(=O)(O)OCC(O)COC(=O)CCCCCCCCCCCCCCCCCCCCC/C=C\C/C=C\C/C=C\C/C=C\CCCCC)OC(=O)CCCCCCCCC/C=C\C/C=C\C/C=C\C/C=C\CCCCC. The molecule has 0 aliphatic heterocycles. The Hall–Kier alpha value is -5.09. The molecule has 0 saturated carbocycles. The summed E-state index contributed by atoms with van der Waals surface area (Å²) < 4.78 is 61.6. The number of allylic oxidation sites excluding steroid dienone is 28. The molecule has 18 heteroatoms. The minimum absolute atomic E-state index is 0.0883. The van der Waals surface area contributed by atoms with Crippen molar-refractivity contribution >= 4 is 33.6 Å². The molecule has 0 aliphatic carbocycles. The maximum atomic E-state index is 13.1. The van der Waals surface area contributed by atoms with E-state index in [1.165, 1.54) is 199 Å². The molecule has 0 aromatic carbocycles. The van der Waals surface area contributed by atoms with Gasteiger partial charge in [-0.1, -0.05) is 422 Å². The third-order valence-electron chi connectivity index (χ3n) is 21.4. The standard InChI is InChI=1S/C107H184O16P2/c1-4-7-10-13-16-19-22-25-28-31-34-37-40-42-44-46-48-49-50-51-53-55-56-58-61-63-66-69-72-75-78-81-84-87-90-93-105(110)117-96-102(108)97-119-124(113,114)120-98-103(109)99-121-125(115,116)122-101-104(123-107(112)95-92-89-86-83-80-77-74-71-68-65-60-39-36-33-30-27-24-21-18-15-12-9-6-3)100-118-106(111)94-91-88-85-82-79-76-73-70-67-64-62-59-57-54-52-47-45-43-41-38-35-32-29-26-23-20-17-14-11-8-5-2/h8,11,16-21,25-30,34-39,42-45,52,54,65,68,102-104,108-109H,4-7,9-10,12-15,22-24,31-33,40-41,46-51,53,55-64,66-67,69-101H2,1-3H3,(H,113,114)(H,115,116)/b11-8-,19-16-,20-17-,21-18-,28-25-,29-26-,30-27-,37-34-,38-35-,39-36-,44-42-,45-43-,54-52-,68-65-. The number of carbonyl (C=O) groups excluding carboxylic acids is 3. The Morgan fingerprint density at radius 1 is 0.232 bits per heavy atom. The maximum absolute atomic E-state index is 13.1. The van der Waals surface area contributed by atoms with E-state index in [9.17, 15) is 43.5 Å². The first kappa shape index (κ1) is 120. The molecule has 125 heavy (non-hydrogen) atoms. The van der Waals surface area contributed by atoms with E-state index in [1.54, 1.807) is 0 Å². The van der Waals surface area contributed by atoms with Crippen LogP contribution in [0.1, 0.15) is 432 Å². The second kappa shape index (κ2) is 98.0. The van der Waals surface area contributed by atoms with Crippen molar-refractivity contribution in [2.45, 2.75) is 450 Å². The highest BCUT2D eigenvalue weighted by atomic mass is 31.2. The van der Waals surface area contributed by atoms with Crippen molar-refractivity contribution in [1.82, 2.24) is 0 Å². The van der Waals surface area contributed by atoms with Crippen molar-refractivity contribution in [3.05, 3.63) is 170 Å². The molecule has 0 bridgehead atoms. The number of phosphoric ester groups is 2. The zero-order valence-electron chi connectivity index (χ0n) is 79.5. The molecule has 718 valence electrons. The van der Waals surface area contributed by atoms with Crippen LogP contribution in [-0.4, -0.2) is 95.9 Å². The summed E-state index contributed by atoms with van der Waals surface area (Å²) in [6, 6.07) is 0. The van der Waals surface area contributed by atoms with Gasteiger partial charge >= 0.3 is 33.6 Å². The number of hydrogen-bond acceptors (Lipinski definition) is 14. The highest BCUT2D eigenvalue weighted by Gasteiger charge is 2.30. The van der Waals surface area contributed by atoms with Gasteiger partial charge in [-0.15, -0.1) is 0 Å². The molecule has 0 aromatic heterocycles. The second-order valence-electron chi connectivity index (χ2n) is 33.5. The number of phosphoric acid groups is 2. The van der Waals surface area contributed by atoms with Crippen LogP contribution < -0.4 is 0 Å². The number of aliphatic hydroxyl groups excluding tert-OH is 2. The van der Waals surface area contributed by atoms with Crippen molar-refractivity contribution in [3.63, 3.8) is 0 Å². The summed E-state index contributed by atoms with van der Waals surface area (Å²) in [7, 11) is -9.82. The van der Waals surface area contributed by atoms with Crippen molar-refractivity contribution in [3.8, 4) is 0 Å². The summed E-state index contributed by atoms with van der Waals surface area (Å²) in [5.74, 6) is -1.58. The minimum atomic E-state index is -4.95. The molecule has 0 heterocycles. The molecular formula is C107H184O16P2. The van der Waals surface area contributed by atoms with Crippen molar-refractivity contribution in [1.29, 1.82) is 0 Å². The average molecular weight is 1790 g/mol. The largest absolute Gasteiger partial charge is 0.472 e. The normalized spacial score (nSPS) is 14.4. The van der Waals surface area contributed by atoms with Crippen LogP contribution in [0.15, 0.2) is 170 Å². The summed E-state index contributed by atoms with van der Waals surface area (Å²) in [6.45, 7) is 2.56. The molecule has 0 saturated heterocycles. The van der Waals surface area contributed by atoms with Crippen LogP contribution in [-0.2, 0) is 55.8 Å². The average Bonchev–Trinajstić information content (AvgIpc) is 0.901. The number of unbranched alkanes of at least 4 members (excludes halogenated alkanes) is 44. The number of ether oxygens (including phenoxy) is 3. The quantitative estimate of drug-likeness (QED) is 0.0146. The molecule has 0 spiro atoms. The van der Waals surface area contributed by atoms with E-state index >= 15 is 0 Å². The highest BCUT2D eigenvalue weighted by molar-refractivity contribution is 7.47. The smallest absolute Gasteiger partial charge is 0.463 e. The molecule has 16 nitrogen and oxygen atoms in total. The van der Waals surface area contributed by atoms with Crippen LogP contribution in [0.2, 0.25) is 0 Å². The molecule has 0 aliphatic rings. The third-order valence-corrected chi connectivity index (χ3v) is 23.3. The zero-order chi connectivity index (χ0) is 90.7.